The summed E-state index contributed by atoms with van der Waals surface area (Å²) >= 11 is 0. The molecular formula is C13H14FNO. The second-order valence-corrected chi connectivity index (χ2v) is 3.87. The molecule has 1 aromatic heterocycles. The number of halogens is 1. The molecule has 0 spiro atoms. The van der Waals surface area contributed by atoms with Crippen molar-refractivity contribution < 1.29 is 9.50 Å². The van der Waals surface area contributed by atoms with Crippen molar-refractivity contribution in [2.45, 2.75) is 20.5 Å². The van der Waals surface area contributed by atoms with Crippen molar-refractivity contribution in [1.82, 2.24) is 4.57 Å². The molecule has 0 aliphatic carbocycles. The van der Waals surface area contributed by atoms with Gasteiger partial charge < -0.3 is 9.67 Å². The van der Waals surface area contributed by atoms with Crippen LogP contribution in [0.2, 0.25) is 0 Å². The molecule has 0 aliphatic rings. The fourth-order valence-corrected chi connectivity index (χ4v) is 2.00. The highest BCUT2D eigenvalue weighted by atomic mass is 19.1. The zero-order valence-corrected chi connectivity index (χ0v) is 9.37. The maximum Gasteiger partial charge on any atom is 0.125 e. The van der Waals surface area contributed by atoms with Crippen molar-refractivity contribution in [1.29, 1.82) is 0 Å². The van der Waals surface area contributed by atoms with Crippen LogP contribution in [0.25, 0.3) is 5.69 Å². The van der Waals surface area contributed by atoms with Gasteiger partial charge in [-0.15, -0.1) is 0 Å². The van der Waals surface area contributed by atoms with E-state index in [1.54, 1.807) is 6.07 Å². The van der Waals surface area contributed by atoms with Crippen LogP contribution in [0.15, 0.2) is 30.3 Å². The number of benzene rings is 1. The van der Waals surface area contributed by atoms with Crippen LogP contribution >= 0.6 is 0 Å². The van der Waals surface area contributed by atoms with Gasteiger partial charge in [-0.1, -0.05) is 6.07 Å². The summed E-state index contributed by atoms with van der Waals surface area (Å²) in [5, 5.41) is 9.17. The first-order valence-corrected chi connectivity index (χ1v) is 5.18. The van der Waals surface area contributed by atoms with Crippen molar-refractivity contribution in [2.75, 3.05) is 0 Å². The van der Waals surface area contributed by atoms with Crippen LogP contribution in [-0.2, 0) is 6.61 Å². The summed E-state index contributed by atoms with van der Waals surface area (Å²) in [6, 6.07) is 8.36. The fraction of sp³-hybridized carbons (Fsp3) is 0.231. The Hall–Kier alpha value is -1.61. The van der Waals surface area contributed by atoms with Gasteiger partial charge in [0.1, 0.15) is 5.82 Å². The van der Waals surface area contributed by atoms with E-state index in [9.17, 15) is 9.50 Å². The van der Waals surface area contributed by atoms with E-state index in [0.29, 0.717) is 0 Å². The summed E-state index contributed by atoms with van der Waals surface area (Å²) in [5.41, 5.74) is 3.61. The van der Waals surface area contributed by atoms with Gasteiger partial charge in [0.15, 0.2) is 0 Å². The largest absolute Gasteiger partial charge is 0.392 e. The second-order valence-electron chi connectivity index (χ2n) is 3.87. The molecule has 2 aromatic rings. The highest BCUT2D eigenvalue weighted by Crippen LogP contribution is 2.21. The van der Waals surface area contributed by atoms with Gasteiger partial charge in [-0.2, -0.15) is 0 Å². The van der Waals surface area contributed by atoms with Crippen molar-refractivity contribution >= 4 is 0 Å². The molecule has 1 heterocycles. The minimum absolute atomic E-state index is 0.00892. The first-order chi connectivity index (χ1) is 7.63. The van der Waals surface area contributed by atoms with E-state index in [0.717, 1.165) is 22.6 Å². The van der Waals surface area contributed by atoms with E-state index < -0.39 is 0 Å². The smallest absolute Gasteiger partial charge is 0.125 e. The van der Waals surface area contributed by atoms with Gasteiger partial charge >= 0.3 is 0 Å². The third-order valence-electron chi connectivity index (χ3n) is 2.77. The molecule has 16 heavy (non-hydrogen) atoms. The van der Waals surface area contributed by atoms with Gasteiger partial charge in [-0.05, 0) is 43.7 Å². The third kappa shape index (κ3) is 1.74. The Morgan fingerprint density at radius 3 is 2.56 bits per heavy atom. The minimum Gasteiger partial charge on any atom is -0.392 e. The summed E-state index contributed by atoms with van der Waals surface area (Å²) in [6.07, 6.45) is 0. The zero-order valence-electron chi connectivity index (χ0n) is 9.37. The topological polar surface area (TPSA) is 25.2 Å². The predicted molar refractivity (Wildman–Crippen MR) is 61.1 cm³/mol. The molecule has 0 radical (unpaired) electrons. The van der Waals surface area contributed by atoms with Crippen LogP contribution in [0, 0.1) is 19.7 Å². The third-order valence-corrected chi connectivity index (χ3v) is 2.77. The van der Waals surface area contributed by atoms with Crippen molar-refractivity contribution in [2.24, 2.45) is 0 Å². The van der Waals surface area contributed by atoms with Gasteiger partial charge in [0.05, 0.1) is 6.61 Å². The van der Waals surface area contributed by atoms with Crippen LogP contribution in [-0.4, -0.2) is 9.67 Å². The lowest BCUT2D eigenvalue weighted by Gasteiger charge is -2.09. The first kappa shape index (κ1) is 10.9. The van der Waals surface area contributed by atoms with E-state index in [1.807, 2.05) is 30.5 Å². The normalized spacial score (nSPS) is 10.8. The molecule has 0 unspecified atom stereocenters. The highest BCUT2D eigenvalue weighted by molar-refractivity contribution is 5.41. The highest BCUT2D eigenvalue weighted by Gasteiger charge is 2.09. The van der Waals surface area contributed by atoms with Gasteiger partial charge in [0.25, 0.3) is 0 Å². The fourth-order valence-electron chi connectivity index (χ4n) is 2.00. The average Bonchev–Trinajstić information content (AvgIpc) is 2.53. The lowest BCUT2D eigenvalue weighted by atomic mass is 10.2. The minimum atomic E-state index is -0.254. The summed E-state index contributed by atoms with van der Waals surface area (Å²) in [7, 11) is 0. The molecule has 0 amide bonds. The summed E-state index contributed by atoms with van der Waals surface area (Å²) in [6.45, 7) is 3.87. The Bertz CT molecular complexity index is 517. The molecule has 0 saturated carbocycles. The van der Waals surface area contributed by atoms with Crippen LogP contribution in [0.4, 0.5) is 4.39 Å². The van der Waals surface area contributed by atoms with Crippen molar-refractivity contribution in [3.05, 3.63) is 53.1 Å². The molecule has 84 valence electrons. The van der Waals surface area contributed by atoms with E-state index >= 15 is 0 Å². The van der Waals surface area contributed by atoms with E-state index in [-0.39, 0.29) is 12.4 Å². The number of aliphatic hydroxyl groups excluding tert-OH is 1. The summed E-state index contributed by atoms with van der Waals surface area (Å²) < 4.78 is 15.1. The molecule has 2 nitrogen and oxygen atoms in total. The van der Waals surface area contributed by atoms with E-state index in [1.165, 1.54) is 12.1 Å². The van der Waals surface area contributed by atoms with E-state index in [2.05, 4.69) is 0 Å². The second kappa shape index (κ2) is 4.10. The lowest BCUT2D eigenvalue weighted by Crippen LogP contribution is -2.00. The van der Waals surface area contributed by atoms with Crippen molar-refractivity contribution in [3.8, 4) is 5.69 Å². The maximum atomic E-state index is 13.1. The number of hydrogen-bond donors (Lipinski definition) is 1. The number of aromatic nitrogens is 1. The predicted octanol–water partition coefficient (Wildman–Crippen LogP) is 2.73. The van der Waals surface area contributed by atoms with Crippen LogP contribution in [0.3, 0.4) is 0 Å². The van der Waals surface area contributed by atoms with Crippen LogP contribution in [0.5, 0.6) is 0 Å². The molecule has 0 bridgehead atoms. The SMILES string of the molecule is Cc1cc(CO)c(C)n1-c1cccc(F)c1. The van der Waals surface area contributed by atoms with Crippen molar-refractivity contribution in [3.63, 3.8) is 0 Å². The number of hydrogen-bond acceptors (Lipinski definition) is 1. The average molecular weight is 219 g/mol. The molecular weight excluding hydrogens is 205 g/mol. The molecule has 0 aliphatic heterocycles. The quantitative estimate of drug-likeness (QED) is 0.825. The van der Waals surface area contributed by atoms with Crippen LogP contribution < -0.4 is 0 Å². The zero-order chi connectivity index (χ0) is 11.7. The summed E-state index contributed by atoms with van der Waals surface area (Å²) in [5.74, 6) is -0.254. The molecule has 0 saturated heterocycles. The number of aliphatic hydroxyl groups is 1. The Labute approximate surface area is 94.0 Å². The standard InChI is InChI=1S/C13H14FNO/c1-9-6-11(8-16)10(2)15(9)13-5-3-4-12(14)7-13/h3-7,16H,8H2,1-2H3. The Balaban J connectivity index is 2.60. The molecule has 0 atom stereocenters. The Morgan fingerprint density at radius 2 is 2.00 bits per heavy atom. The first-order valence-electron chi connectivity index (χ1n) is 5.18. The van der Waals surface area contributed by atoms with E-state index in [4.69, 9.17) is 0 Å². The molecule has 3 heteroatoms. The van der Waals surface area contributed by atoms with Gasteiger partial charge in [-0.3, -0.25) is 0 Å². The van der Waals surface area contributed by atoms with Crippen LogP contribution in [0.1, 0.15) is 17.0 Å². The lowest BCUT2D eigenvalue weighted by molar-refractivity contribution is 0.281. The Morgan fingerprint density at radius 1 is 1.25 bits per heavy atom. The molecule has 0 fully saturated rings. The monoisotopic (exact) mass is 219 g/mol. The Kier molecular flexibility index (Phi) is 2.79. The summed E-state index contributed by atoms with van der Waals surface area (Å²) in [4.78, 5) is 0. The van der Waals surface area contributed by atoms with Gasteiger partial charge in [0.2, 0.25) is 0 Å². The number of rotatable bonds is 2. The van der Waals surface area contributed by atoms with Gasteiger partial charge in [-0.25, -0.2) is 4.39 Å². The van der Waals surface area contributed by atoms with Gasteiger partial charge in [0, 0.05) is 17.1 Å². The number of nitrogens with zero attached hydrogens (tertiary/aromatic N) is 1. The maximum absolute atomic E-state index is 13.1. The number of aryl methyl sites for hydroxylation is 1. The molecule has 1 N–H and O–H groups in total. The molecule has 2 rings (SSSR count). The molecule has 1 aromatic carbocycles.